The Bertz CT molecular complexity index is 476. The van der Waals surface area contributed by atoms with Gasteiger partial charge in [0.15, 0.2) is 0 Å². The molecule has 1 aromatic heterocycles. The third kappa shape index (κ3) is 4.79. The van der Waals surface area contributed by atoms with Crippen LogP contribution in [0.4, 0.5) is 0 Å². The van der Waals surface area contributed by atoms with E-state index in [9.17, 15) is 0 Å². The van der Waals surface area contributed by atoms with Gasteiger partial charge in [0.05, 0.1) is 0 Å². The minimum atomic E-state index is -2.01. The fraction of sp³-hybridized carbons (Fsp3) is 0.647. The number of hydrogen-bond donors (Lipinski definition) is 0. The van der Waals surface area contributed by atoms with Crippen LogP contribution in [0.3, 0.4) is 0 Å². The zero-order chi connectivity index (χ0) is 15.7. The van der Waals surface area contributed by atoms with Crippen molar-refractivity contribution < 1.29 is 0 Å². The Balaban J connectivity index is 2.58. The SMILES string of the molecule is [CH3][Sn]([CH3])([CH3])[C](=C1CCCCCB1c1cccs1)[Sn]([CH3])([CH3])[CH3]. The number of hydrogen-bond acceptors (Lipinski definition) is 1. The molecule has 1 aliphatic rings. The molecule has 2 heterocycles. The van der Waals surface area contributed by atoms with Crippen LogP contribution in [0, 0.1) is 0 Å². The van der Waals surface area contributed by atoms with E-state index < -0.39 is 36.8 Å². The molecule has 0 bridgehead atoms. The average Bonchev–Trinajstić information content (AvgIpc) is 2.74. The number of rotatable bonds is 3. The van der Waals surface area contributed by atoms with Gasteiger partial charge in [0.25, 0.3) is 0 Å². The summed E-state index contributed by atoms with van der Waals surface area (Å²) < 4.78 is 3.77. The summed E-state index contributed by atoms with van der Waals surface area (Å²) >= 11 is -2.02. The van der Waals surface area contributed by atoms with Gasteiger partial charge in [-0.1, -0.05) is 0 Å². The van der Waals surface area contributed by atoms with Crippen LogP contribution >= 0.6 is 11.3 Å². The topological polar surface area (TPSA) is 0 Å². The van der Waals surface area contributed by atoms with Crippen molar-refractivity contribution in [2.45, 2.75) is 61.6 Å². The quantitative estimate of drug-likeness (QED) is 0.459. The molecule has 1 aliphatic heterocycles. The third-order valence-electron chi connectivity index (χ3n) is 4.57. The molecule has 0 aromatic carbocycles. The molecule has 1 saturated heterocycles. The molecule has 0 aliphatic carbocycles. The van der Waals surface area contributed by atoms with Crippen LogP contribution in [0.5, 0.6) is 0 Å². The predicted octanol–water partition coefficient (Wildman–Crippen LogP) is 5.61. The van der Waals surface area contributed by atoms with Crippen molar-refractivity contribution in [1.82, 2.24) is 0 Å². The first-order chi connectivity index (χ1) is 9.71. The van der Waals surface area contributed by atoms with Gasteiger partial charge in [-0.15, -0.1) is 0 Å². The van der Waals surface area contributed by atoms with E-state index in [-0.39, 0.29) is 0 Å². The summed E-state index contributed by atoms with van der Waals surface area (Å²) in [6.07, 6.45) is 7.12. The standard InChI is InChI=1S/C11H13BS.6CH3.2Sn/c1-10-6-3-2-4-8-12(10)11-7-5-9-13-11;;;;;;;;/h5,7,9H,2-4,6,8H2;6*1H3;;. The zero-order valence-electron chi connectivity index (χ0n) is 14.8. The molecular weight excluding hydrogens is 484 g/mol. The van der Waals surface area contributed by atoms with Crippen LogP contribution in [-0.2, 0) is 0 Å². The molecule has 21 heavy (non-hydrogen) atoms. The van der Waals surface area contributed by atoms with Crippen LogP contribution in [0.2, 0.25) is 36.0 Å². The summed E-state index contributed by atoms with van der Waals surface area (Å²) in [4.78, 5) is 16.0. The summed E-state index contributed by atoms with van der Waals surface area (Å²) in [5.74, 6) is 0. The molecule has 1 aromatic rings. The second-order valence-corrected chi connectivity index (χ2v) is 42.2. The molecule has 116 valence electrons. The summed E-state index contributed by atoms with van der Waals surface area (Å²) in [6.45, 7) is 0.773. The molecule has 0 N–H and O–H groups in total. The van der Waals surface area contributed by atoms with Crippen molar-refractivity contribution in [3.63, 3.8) is 0 Å². The molecule has 2 rings (SSSR count). The zero-order valence-corrected chi connectivity index (χ0v) is 21.3. The fourth-order valence-corrected chi connectivity index (χ4v) is 62.0. The Morgan fingerprint density at radius 1 is 1.00 bits per heavy atom. The molecule has 0 amide bonds. The normalized spacial score (nSPS) is 17.8. The molecule has 0 saturated carbocycles. The summed E-state index contributed by atoms with van der Waals surface area (Å²) in [5.41, 5.74) is 1.95. The molecule has 0 spiro atoms. The summed E-state index contributed by atoms with van der Waals surface area (Å²) in [7, 11) is 0. The number of allylic oxidation sites excluding steroid dienone is 1. The molecule has 0 nitrogen and oxygen atoms in total. The minimum absolute atomic E-state index is 0.773. The van der Waals surface area contributed by atoms with Crippen molar-refractivity contribution in [2.24, 2.45) is 0 Å². The van der Waals surface area contributed by atoms with Crippen LogP contribution in [0.15, 0.2) is 24.6 Å². The maximum atomic E-state index is 2.66. The van der Waals surface area contributed by atoms with Crippen molar-refractivity contribution in [2.75, 3.05) is 0 Å². The molecule has 0 unspecified atom stereocenters. The van der Waals surface area contributed by atoms with Gasteiger partial charge < -0.3 is 0 Å². The van der Waals surface area contributed by atoms with Crippen LogP contribution in [-0.4, -0.2) is 43.5 Å². The second kappa shape index (κ2) is 7.33. The van der Waals surface area contributed by atoms with Crippen LogP contribution < -0.4 is 4.78 Å². The van der Waals surface area contributed by atoms with Gasteiger partial charge in [0, 0.05) is 0 Å². The van der Waals surface area contributed by atoms with E-state index in [0.717, 1.165) is 6.71 Å². The van der Waals surface area contributed by atoms with Crippen molar-refractivity contribution in [3.8, 4) is 0 Å². The monoisotopic (exact) mass is 518 g/mol. The van der Waals surface area contributed by atoms with Gasteiger partial charge in [-0.2, -0.15) is 0 Å². The second-order valence-electron chi connectivity index (χ2n) is 8.57. The average molecular weight is 516 g/mol. The van der Waals surface area contributed by atoms with Crippen molar-refractivity contribution in [3.05, 3.63) is 24.6 Å². The van der Waals surface area contributed by atoms with E-state index in [1.54, 1.807) is 4.78 Å². The molecule has 0 radical (unpaired) electrons. The van der Waals surface area contributed by atoms with E-state index >= 15 is 0 Å². The van der Waals surface area contributed by atoms with Gasteiger partial charge >= 0.3 is 146 Å². The molecule has 4 heteroatoms. The summed E-state index contributed by atoms with van der Waals surface area (Å²) in [6, 6.07) is 4.65. The van der Waals surface area contributed by atoms with E-state index in [1.165, 1.54) is 32.0 Å². The van der Waals surface area contributed by atoms with Crippen LogP contribution in [0.1, 0.15) is 25.7 Å². The van der Waals surface area contributed by atoms with E-state index in [2.05, 4.69) is 48.8 Å². The van der Waals surface area contributed by atoms with Gasteiger partial charge in [0.2, 0.25) is 0 Å². The first kappa shape index (κ1) is 18.4. The Morgan fingerprint density at radius 3 is 2.19 bits per heavy atom. The van der Waals surface area contributed by atoms with Gasteiger partial charge in [-0.05, 0) is 0 Å². The number of thiophene rings is 1. The van der Waals surface area contributed by atoms with Crippen molar-refractivity contribution >= 4 is 59.6 Å². The van der Waals surface area contributed by atoms with Gasteiger partial charge in [-0.25, -0.2) is 0 Å². The van der Waals surface area contributed by atoms with Crippen molar-refractivity contribution in [1.29, 1.82) is 0 Å². The Morgan fingerprint density at radius 2 is 1.67 bits per heavy atom. The molecule has 1 fully saturated rings. The van der Waals surface area contributed by atoms with E-state index in [4.69, 9.17) is 0 Å². The van der Waals surface area contributed by atoms with E-state index in [0.29, 0.717) is 0 Å². The fourth-order valence-electron chi connectivity index (χ4n) is 4.38. The van der Waals surface area contributed by atoms with Gasteiger partial charge in [0.1, 0.15) is 0 Å². The predicted molar refractivity (Wildman–Crippen MR) is 107 cm³/mol. The Kier molecular flexibility index (Phi) is 6.44. The summed E-state index contributed by atoms with van der Waals surface area (Å²) in [5, 5.41) is 2.28. The maximum absolute atomic E-state index is 2.66. The molecular formula is C17H31BSSn2. The molecule has 0 atom stereocenters. The third-order valence-corrected chi connectivity index (χ3v) is 44.7. The van der Waals surface area contributed by atoms with Crippen LogP contribution in [0.25, 0.3) is 0 Å². The Labute approximate surface area is 144 Å². The first-order valence-electron chi connectivity index (χ1n) is 8.48. The van der Waals surface area contributed by atoms with Gasteiger partial charge in [-0.3, -0.25) is 0 Å². The van der Waals surface area contributed by atoms with E-state index in [1.807, 2.05) is 16.8 Å². The first-order valence-corrected chi connectivity index (χ1v) is 29.3. The Hall–Kier alpha value is 1.10.